The predicted molar refractivity (Wildman–Crippen MR) is 109 cm³/mol. The molecule has 6 nitrogen and oxygen atoms in total. The van der Waals surface area contributed by atoms with E-state index in [0.29, 0.717) is 11.5 Å². The van der Waals surface area contributed by atoms with E-state index in [0.717, 1.165) is 34.5 Å². The van der Waals surface area contributed by atoms with Crippen LogP contribution in [0, 0.1) is 19.3 Å². The van der Waals surface area contributed by atoms with Crippen molar-refractivity contribution in [1.82, 2.24) is 25.3 Å². The summed E-state index contributed by atoms with van der Waals surface area (Å²) >= 11 is 1.53. The zero-order valence-corrected chi connectivity index (χ0v) is 17.3. The normalized spacial score (nSPS) is 17.8. The van der Waals surface area contributed by atoms with E-state index in [1.807, 2.05) is 26.1 Å². The molecule has 3 aromatic heterocycles. The van der Waals surface area contributed by atoms with Crippen molar-refractivity contribution in [3.05, 3.63) is 57.4 Å². The van der Waals surface area contributed by atoms with Crippen molar-refractivity contribution in [2.24, 2.45) is 5.41 Å². The van der Waals surface area contributed by atoms with Crippen LogP contribution < -0.4 is 5.32 Å². The van der Waals surface area contributed by atoms with Gasteiger partial charge in [0.1, 0.15) is 5.69 Å². The van der Waals surface area contributed by atoms with E-state index in [1.165, 1.54) is 16.2 Å². The molecule has 1 N–H and O–H groups in total. The van der Waals surface area contributed by atoms with Gasteiger partial charge in [-0.3, -0.25) is 9.78 Å². The minimum absolute atomic E-state index is 0.0280. The summed E-state index contributed by atoms with van der Waals surface area (Å²) < 4.78 is 0. The maximum atomic E-state index is 12.8. The van der Waals surface area contributed by atoms with Gasteiger partial charge in [-0.15, -0.1) is 11.3 Å². The van der Waals surface area contributed by atoms with E-state index >= 15 is 0 Å². The van der Waals surface area contributed by atoms with Crippen molar-refractivity contribution < 1.29 is 4.79 Å². The minimum Gasteiger partial charge on any atom is -0.344 e. The van der Waals surface area contributed by atoms with Crippen LogP contribution in [0.5, 0.6) is 0 Å². The van der Waals surface area contributed by atoms with Crippen molar-refractivity contribution in [2.75, 3.05) is 0 Å². The first-order valence-corrected chi connectivity index (χ1v) is 10.1. The summed E-state index contributed by atoms with van der Waals surface area (Å²) in [6.07, 6.45) is 8.44. The monoisotopic (exact) mass is 393 g/mol. The van der Waals surface area contributed by atoms with Crippen molar-refractivity contribution in [3.8, 4) is 11.5 Å². The number of hydrogen-bond acceptors (Lipinski definition) is 6. The molecule has 144 valence electrons. The molecule has 0 aliphatic heterocycles. The average Bonchev–Trinajstić information content (AvgIpc) is 3.00. The van der Waals surface area contributed by atoms with E-state index in [-0.39, 0.29) is 17.4 Å². The highest BCUT2D eigenvalue weighted by Gasteiger charge is 2.35. The third-order valence-electron chi connectivity index (χ3n) is 5.17. The molecule has 4 rings (SSSR count). The number of fused-ring (bicyclic) bond motifs is 1. The third-order valence-corrected chi connectivity index (χ3v) is 6.32. The Bertz CT molecular complexity index is 1010. The molecule has 0 bridgehead atoms. The highest BCUT2D eigenvalue weighted by atomic mass is 32.1. The van der Waals surface area contributed by atoms with Gasteiger partial charge in [-0.2, -0.15) is 0 Å². The third kappa shape index (κ3) is 3.67. The number of amides is 1. The lowest BCUT2D eigenvalue weighted by Crippen LogP contribution is -2.37. The Kier molecular flexibility index (Phi) is 4.71. The Morgan fingerprint density at radius 2 is 2.04 bits per heavy atom. The molecule has 0 saturated heterocycles. The summed E-state index contributed by atoms with van der Waals surface area (Å²) in [6.45, 7) is 8.48. The van der Waals surface area contributed by atoms with E-state index < -0.39 is 0 Å². The first-order chi connectivity index (χ1) is 13.3. The van der Waals surface area contributed by atoms with E-state index in [1.54, 1.807) is 18.6 Å². The second-order valence-corrected chi connectivity index (χ2v) is 9.36. The number of rotatable bonds is 3. The molecule has 3 heterocycles. The maximum Gasteiger partial charge on any atom is 0.261 e. The summed E-state index contributed by atoms with van der Waals surface area (Å²) in [6, 6.07) is 1.85. The molecule has 3 aromatic rings. The first-order valence-electron chi connectivity index (χ1n) is 9.32. The first kappa shape index (κ1) is 18.7. The summed E-state index contributed by atoms with van der Waals surface area (Å²) in [5.41, 5.74) is 3.79. The molecule has 28 heavy (non-hydrogen) atoms. The van der Waals surface area contributed by atoms with Gasteiger partial charge >= 0.3 is 0 Å². The van der Waals surface area contributed by atoms with Gasteiger partial charge in [0.25, 0.3) is 5.91 Å². The van der Waals surface area contributed by atoms with Gasteiger partial charge in [-0.1, -0.05) is 13.8 Å². The number of nitrogens with one attached hydrogen (secondary N) is 1. The zero-order chi connectivity index (χ0) is 19.9. The molecule has 1 atom stereocenters. The molecule has 7 heteroatoms. The number of aryl methyl sites for hydroxylation is 2. The Morgan fingerprint density at radius 1 is 1.21 bits per heavy atom. The Balaban J connectivity index is 1.65. The van der Waals surface area contributed by atoms with Crippen LogP contribution in [0.3, 0.4) is 0 Å². The van der Waals surface area contributed by atoms with Crippen LogP contribution in [0.25, 0.3) is 11.5 Å². The van der Waals surface area contributed by atoms with Gasteiger partial charge in [-0.25, -0.2) is 15.0 Å². The number of aromatic nitrogens is 4. The molecule has 0 fully saturated rings. The fraction of sp³-hybridized carbons (Fsp3) is 0.381. The van der Waals surface area contributed by atoms with Crippen molar-refractivity contribution >= 4 is 17.2 Å². The van der Waals surface area contributed by atoms with Crippen LogP contribution in [-0.4, -0.2) is 25.8 Å². The number of thiophene rings is 1. The van der Waals surface area contributed by atoms with Crippen LogP contribution >= 0.6 is 11.3 Å². The fourth-order valence-corrected chi connectivity index (χ4v) is 4.57. The van der Waals surface area contributed by atoms with Gasteiger partial charge in [-0.05, 0) is 43.7 Å². The summed E-state index contributed by atoms with van der Waals surface area (Å²) in [5.74, 6) is 0.534. The van der Waals surface area contributed by atoms with Crippen LogP contribution in [0.4, 0.5) is 0 Å². The van der Waals surface area contributed by atoms with E-state index in [9.17, 15) is 4.79 Å². The van der Waals surface area contributed by atoms with Gasteiger partial charge in [0.05, 0.1) is 22.8 Å². The Morgan fingerprint density at radius 3 is 2.71 bits per heavy atom. The van der Waals surface area contributed by atoms with Crippen LogP contribution in [-0.2, 0) is 6.42 Å². The van der Waals surface area contributed by atoms with Crippen molar-refractivity contribution in [2.45, 2.75) is 46.6 Å². The second kappa shape index (κ2) is 7.05. The largest absolute Gasteiger partial charge is 0.344 e. The standard InChI is InChI=1S/C21H23N5OS/c1-12-7-18(28-13(12)2)20(27)26-16-9-21(3,4)8-15-14(16)10-24-19(25-15)17-11-22-5-6-23-17/h5-7,10-11,16H,8-9H2,1-4H3,(H,26,27)/t16-/m1/s1. The lowest BCUT2D eigenvalue weighted by atomic mass is 9.74. The molecule has 0 aromatic carbocycles. The summed E-state index contributed by atoms with van der Waals surface area (Å²) in [4.78, 5) is 32.4. The second-order valence-electron chi connectivity index (χ2n) is 8.11. The lowest BCUT2D eigenvalue weighted by molar-refractivity contribution is 0.0923. The average molecular weight is 394 g/mol. The smallest absolute Gasteiger partial charge is 0.261 e. The number of nitrogens with zero attached hydrogens (tertiary/aromatic N) is 4. The fourth-order valence-electron chi connectivity index (χ4n) is 3.63. The highest BCUT2D eigenvalue weighted by molar-refractivity contribution is 7.14. The highest BCUT2D eigenvalue weighted by Crippen LogP contribution is 2.40. The van der Waals surface area contributed by atoms with Gasteiger partial charge in [0.2, 0.25) is 0 Å². The summed E-state index contributed by atoms with van der Waals surface area (Å²) in [5, 5.41) is 3.21. The van der Waals surface area contributed by atoms with Gasteiger partial charge in [0.15, 0.2) is 5.82 Å². The van der Waals surface area contributed by atoms with E-state index in [4.69, 9.17) is 4.98 Å². The molecule has 1 amide bonds. The zero-order valence-electron chi connectivity index (χ0n) is 16.5. The van der Waals surface area contributed by atoms with Crippen LogP contribution in [0.1, 0.15) is 57.7 Å². The Hall–Kier alpha value is -2.67. The minimum atomic E-state index is -0.107. The number of carbonyl (C=O) groups excluding carboxylic acids is 1. The molecule has 1 aliphatic carbocycles. The van der Waals surface area contributed by atoms with Crippen molar-refractivity contribution in [3.63, 3.8) is 0 Å². The molecule has 0 spiro atoms. The van der Waals surface area contributed by atoms with E-state index in [2.05, 4.69) is 34.1 Å². The number of carbonyl (C=O) groups is 1. The Labute approximate surface area is 168 Å². The lowest BCUT2D eigenvalue weighted by Gasteiger charge is -2.36. The van der Waals surface area contributed by atoms with Crippen LogP contribution in [0.2, 0.25) is 0 Å². The molecule has 0 radical (unpaired) electrons. The topological polar surface area (TPSA) is 80.7 Å². The SMILES string of the molecule is Cc1cc(C(=O)N[C@@H]2CC(C)(C)Cc3nc(-c4cnccn4)ncc32)sc1C. The molecular formula is C21H23N5OS. The maximum absolute atomic E-state index is 12.8. The predicted octanol–water partition coefficient (Wildman–Crippen LogP) is 4.06. The quantitative estimate of drug-likeness (QED) is 0.726. The summed E-state index contributed by atoms with van der Waals surface area (Å²) in [7, 11) is 0. The molecule has 1 aliphatic rings. The van der Waals surface area contributed by atoms with Crippen LogP contribution in [0.15, 0.2) is 30.9 Å². The van der Waals surface area contributed by atoms with Gasteiger partial charge < -0.3 is 5.32 Å². The molecular weight excluding hydrogens is 370 g/mol. The van der Waals surface area contributed by atoms with Crippen molar-refractivity contribution in [1.29, 1.82) is 0 Å². The molecule has 0 saturated carbocycles. The number of hydrogen-bond donors (Lipinski definition) is 1. The van der Waals surface area contributed by atoms with Gasteiger partial charge in [0, 0.05) is 29.0 Å². The molecule has 0 unspecified atom stereocenters.